The molecule has 2 aliphatic rings. The topological polar surface area (TPSA) is 50.8 Å². The van der Waals surface area contributed by atoms with Gasteiger partial charge in [0.1, 0.15) is 11.9 Å². The predicted octanol–water partition coefficient (Wildman–Crippen LogP) is 2.69. The zero-order valence-corrected chi connectivity index (χ0v) is 16.6. The number of rotatable bonds is 4. The lowest BCUT2D eigenvalue weighted by Gasteiger charge is -2.39. The molecule has 0 saturated carbocycles. The molecule has 6 heteroatoms. The van der Waals surface area contributed by atoms with Crippen LogP contribution in [0.25, 0.3) is 0 Å². The zero-order valence-electron chi connectivity index (χ0n) is 16.6. The number of hydrogen-bond donors (Lipinski definition) is 1. The maximum absolute atomic E-state index is 13.5. The van der Waals surface area contributed by atoms with E-state index in [2.05, 4.69) is 17.4 Å². The molecule has 3 atom stereocenters. The van der Waals surface area contributed by atoms with Crippen LogP contribution in [0.4, 0.5) is 4.39 Å². The van der Waals surface area contributed by atoms with Gasteiger partial charge in [-0.1, -0.05) is 36.4 Å². The molecule has 154 valence electrons. The molecule has 1 amide bonds. The third-order valence-electron chi connectivity index (χ3n) is 5.73. The van der Waals surface area contributed by atoms with Crippen molar-refractivity contribution in [2.24, 2.45) is 0 Å². The lowest BCUT2D eigenvalue weighted by Crippen LogP contribution is -2.46. The Hall–Kier alpha value is -2.28. The highest BCUT2D eigenvalue weighted by Crippen LogP contribution is 2.36. The summed E-state index contributed by atoms with van der Waals surface area (Å²) in [4.78, 5) is 15.4. The Morgan fingerprint density at radius 3 is 2.83 bits per heavy atom. The summed E-state index contributed by atoms with van der Waals surface area (Å²) >= 11 is 0. The van der Waals surface area contributed by atoms with Crippen molar-refractivity contribution < 1.29 is 18.7 Å². The lowest BCUT2D eigenvalue weighted by atomic mass is 9.87. The summed E-state index contributed by atoms with van der Waals surface area (Å²) < 4.78 is 24.7. The van der Waals surface area contributed by atoms with Crippen LogP contribution in [-0.4, -0.2) is 56.4 Å². The first-order chi connectivity index (χ1) is 14.2. The third kappa shape index (κ3) is 4.34. The second kappa shape index (κ2) is 9.03. The maximum Gasteiger partial charge on any atom is 0.252 e. The number of benzene rings is 2. The molecule has 4 rings (SSSR count). The molecular weight excluding hydrogens is 371 g/mol. The van der Waals surface area contributed by atoms with Crippen molar-refractivity contribution in [1.29, 1.82) is 0 Å². The average Bonchev–Trinajstić information content (AvgIpc) is 2.99. The molecular formula is C23H27FN2O3. The molecule has 0 bridgehead atoms. The fourth-order valence-corrected chi connectivity index (χ4v) is 4.29. The number of carbonyl (C=O) groups excluding carboxylic acids is 1. The Labute approximate surface area is 170 Å². The number of nitrogens with one attached hydrogen (secondary N) is 1. The summed E-state index contributed by atoms with van der Waals surface area (Å²) in [6, 6.07) is 14.5. The van der Waals surface area contributed by atoms with Gasteiger partial charge in [0.05, 0.1) is 25.3 Å². The Bertz CT molecular complexity index is 842. The highest BCUT2D eigenvalue weighted by atomic mass is 19.1. The van der Waals surface area contributed by atoms with Crippen LogP contribution < -0.4 is 5.32 Å². The summed E-state index contributed by atoms with van der Waals surface area (Å²) in [5, 5.41) is 3.37. The second-order valence-electron chi connectivity index (χ2n) is 7.65. The second-order valence-corrected chi connectivity index (χ2v) is 7.65. The van der Waals surface area contributed by atoms with Gasteiger partial charge in [0, 0.05) is 13.7 Å². The number of carbonyl (C=O) groups is 1. The van der Waals surface area contributed by atoms with Gasteiger partial charge in [0.15, 0.2) is 0 Å². The molecule has 2 aromatic carbocycles. The minimum absolute atomic E-state index is 0.00584. The van der Waals surface area contributed by atoms with Gasteiger partial charge in [-0.25, -0.2) is 4.39 Å². The molecule has 1 saturated heterocycles. The van der Waals surface area contributed by atoms with Crippen molar-refractivity contribution in [3.8, 4) is 0 Å². The van der Waals surface area contributed by atoms with E-state index < -0.39 is 6.10 Å². The number of amides is 1. The molecule has 0 radical (unpaired) electrons. The van der Waals surface area contributed by atoms with E-state index in [0.29, 0.717) is 32.7 Å². The monoisotopic (exact) mass is 398 g/mol. The van der Waals surface area contributed by atoms with E-state index in [1.54, 1.807) is 19.2 Å². The smallest absolute Gasteiger partial charge is 0.252 e. The standard InChI is InChI=1S/C23H27FN2O3/c1-28-14-19-15-29-21(10-12-25-19)23(27)26-13-11-16-4-2-3-5-20(16)22(26)17-6-8-18(24)9-7-17/h2-9,19,21-22,25H,10-15H2,1H3/t19-,21+,22-/m0/s1. The van der Waals surface area contributed by atoms with Crippen molar-refractivity contribution in [2.75, 3.05) is 33.4 Å². The van der Waals surface area contributed by atoms with Gasteiger partial charge in [-0.15, -0.1) is 0 Å². The molecule has 1 N–H and O–H groups in total. The van der Waals surface area contributed by atoms with Gasteiger partial charge in [0.25, 0.3) is 5.91 Å². The summed E-state index contributed by atoms with van der Waals surface area (Å²) in [5.41, 5.74) is 3.24. The first-order valence-electron chi connectivity index (χ1n) is 10.1. The van der Waals surface area contributed by atoms with E-state index in [-0.39, 0.29) is 23.8 Å². The zero-order chi connectivity index (χ0) is 20.2. The highest BCUT2D eigenvalue weighted by Gasteiger charge is 2.36. The van der Waals surface area contributed by atoms with Crippen LogP contribution in [0.5, 0.6) is 0 Å². The highest BCUT2D eigenvalue weighted by molar-refractivity contribution is 5.82. The molecule has 2 aliphatic heterocycles. The Balaban J connectivity index is 1.61. The molecule has 29 heavy (non-hydrogen) atoms. The molecule has 0 aromatic heterocycles. The van der Waals surface area contributed by atoms with E-state index in [9.17, 15) is 9.18 Å². The third-order valence-corrected chi connectivity index (χ3v) is 5.73. The molecule has 2 aromatic rings. The van der Waals surface area contributed by atoms with Gasteiger partial charge >= 0.3 is 0 Å². The van der Waals surface area contributed by atoms with E-state index in [1.807, 2.05) is 17.0 Å². The van der Waals surface area contributed by atoms with Crippen molar-refractivity contribution in [1.82, 2.24) is 10.2 Å². The van der Waals surface area contributed by atoms with Crippen molar-refractivity contribution in [3.05, 3.63) is 71.0 Å². The molecule has 0 unspecified atom stereocenters. The lowest BCUT2D eigenvalue weighted by molar-refractivity contribution is -0.146. The number of nitrogens with zero attached hydrogens (tertiary/aromatic N) is 1. The fraction of sp³-hybridized carbons (Fsp3) is 0.435. The minimum Gasteiger partial charge on any atom is -0.383 e. The quantitative estimate of drug-likeness (QED) is 0.861. The number of ether oxygens (including phenoxy) is 2. The van der Waals surface area contributed by atoms with Crippen LogP contribution in [0.2, 0.25) is 0 Å². The van der Waals surface area contributed by atoms with Crippen LogP contribution in [0, 0.1) is 5.82 Å². The van der Waals surface area contributed by atoms with Crippen molar-refractivity contribution in [2.45, 2.75) is 31.0 Å². The number of halogens is 1. The number of methoxy groups -OCH3 is 1. The number of fused-ring (bicyclic) bond motifs is 1. The van der Waals surface area contributed by atoms with Gasteiger partial charge < -0.3 is 19.7 Å². The average molecular weight is 398 g/mol. The summed E-state index contributed by atoms with van der Waals surface area (Å²) in [6.07, 6.45) is 0.932. The van der Waals surface area contributed by atoms with Crippen molar-refractivity contribution in [3.63, 3.8) is 0 Å². The SMILES string of the molecule is COC[C@H]1CO[C@@H](C(=O)N2CCc3ccccc3[C@@H]2c2ccc(F)cc2)CCN1. The molecule has 0 aliphatic carbocycles. The predicted molar refractivity (Wildman–Crippen MR) is 108 cm³/mol. The first kappa shape index (κ1) is 20.0. The molecule has 2 heterocycles. The van der Waals surface area contributed by atoms with Crippen LogP contribution >= 0.6 is 0 Å². The normalized spacial score (nSPS) is 24.6. The Kier molecular flexibility index (Phi) is 6.23. The summed E-state index contributed by atoms with van der Waals surface area (Å²) in [5.74, 6) is -0.285. The Morgan fingerprint density at radius 2 is 2.03 bits per heavy atom. The van der Waals surface area contributed by atoms with E-state index in [1.165, 1.54) is 17.7 Å². The fourth-order valence-electron chi connectivity index (χ4n) is 4.29. The van der Waals surface area contributed by atoms with Gasteiger partial charge in [0.2, 0.25) is 0 Å². The first-order valence-corrected chi connectivity index (χ1v) is 10.1. The van der Waals surface area contributed by atoms with Gasteiger partial charge in [-0.05, 0) is 48.2 Å². The van der Waals surface area contributed by atoms with Crippen LogP contribution in [0.1, 0.15) is 29.2 Å². The van der Waals surface area contributed by atoms with Crippen LogP contribution in [0.15, 0.2) is 48.5 Å². The van der Waals surface area contributed by atoms with Gasteiger partial charge in [-0.2, -0.15) is 0 Å². The van der Waals surface area contributed by atoms with Gasteiger partial charge in [-0.3, -0.25) is 4.79 Å². The largest absolute Gasteiger partial charge is 0.383 e. The molecule has 1 fully saturated rings. The molecule has 0 spiro atoms. The van der Waals surface area contributed by atoms with E-state index >= 15 is 0 Å². The van der Waals surface area contributed by atoms with Crippen LogP contribution in [0.3, 0.4) is 0 Å². The summed E-state index contributed by atoms with van der Waals surface area (Å²) in [7, 11) is 1.66. The molecule has 5 nitrogen and oxygen atoms in total. The minimum atomic E-state index is -0.488. The van der Waals surface area contributed by atoms with E-state index in [4.69, 9.17) is 9.47 Å². The summed E-state index contributed by atoms with van der Waals surface area (Å²) in [6.45, 7) is 2.31. The van der Waals surface area contributed by atoms with E-state index in [0.717, 1.165) is 17.5 Å². The number of hydrogen-bond acceptors (Lipinski definition) is 4. The Morgan fingerprint density at radius 1 is 1.24 bits per heavy atom. The van der Waals surface area contributed by atoms with Crippen molar-refractivity contribution >= 4 is 5.91 Å². The van der Waals surface area contributed by atoms with Crippen LogP contribution in [-0.2, 0) is 20.7 Å². The maximum atomic E-state index is 13.5.